The molecule has 0 heterocycles. The van der Waals surface area contributed by atoms with E-state index in [0.29, 0.717) is 0 Å². The summed E-state index contributed by atoms with van der Waals surface area (Å²) in [5.41, 5.74) is -0.863. The zero-order chi connectivity index (χ0) is 16.0. The quantitative estimate of drug-likeness (QED) is 0.298. The van der Waals surface area contributed by atoms with Crippen LogP contribution < -0.4 is 0 Å². The van der Waals surface area contributed by atoms with Crippen LogP contribution in [0.1, 0.15) is 104 Å². The summed E-state index contributed by atoms with van der Waals surface area (Å²) in [7, 11) is 0. The van der Waals surface area contributed by atoms with Crippen LogP contribution in [0.5, 0.6) is 0 Å². The Labute approximate surface area is 131 Å². The largest absolute Gasteiger partial charge is 0.388 e. The number of hydrogen-bond donors (Lipinski definition) is 1. The summed E-state index contributed by atoms with van der Waals surface area (Å²) in [5.74, 6) is 0. The first kappa shape index (κ1) is 20.6. The smallest absolute Gasteiger partial charge is 0.120 e. The molecule has 2 unspecified atom stereocenters. The maximum Gasteiger partial charge on any atom is 0.120 e. The lowest BCUT2D eigenvalue weighted by molar-refractivity contribution is -0.00939. The van der Waals surface area contributed by atoms with Gasteiger partial charge in [0.1, 0.15) is 6.04 Å². The topological polar surface area (TPSA) is 49.7 Å². The first-order chi connectivity index (χ1) is 10.1. The summed E-state index contributed by atoms with van der Waals surface area (Å²) in [6, 6.07) is -0.414. The molecule has 0 aliphatic carbocycles. The molecule has 0 spiro atoms. The summed E-state index contributed by atoms with van der Waals surface area (Å²) < 4.78 is 0. The van der Waals surface area contributed by atoms with Gasteiger partial charge in [0.15, 0.2) is 0 Å². The molecule has 0 bridgehead atoms. The number of nitrogens with zero attached hydrogens (tertiary/aromatic N) is 1. The van der Waals surface area contributed by atoms with Crippen LogP contribution in [0, 0.1) is 4.91 Å². The van der Waals surface area contributed by atoms with Gasteiger partial charge in [0.25, 0.3) is 0 Å². The highest BCUT2D eigenvalue weighted by Crippen LogP contribution is 2.31. The molecule has 0 saturated carbocycles. The van der Waals surface area contributed by atoms with Crippen LogP contribution in [0.3, 0.4) is 0 Å². The van der Waals surface area contributed by atoms with Gasteiger partial charge in [0.05, 0.1) is 5.60 Å². The summed E-state index contributed by atoms with van der Waals surface area (Å²) in [5, 5.41) is 14.3. The van der Waals surface area contributed by atoms with Gasteiger partial charge in [-0.05, 0) is 19.3 Å². The van der Waals surface area contributed by atoms with Crippen molar-refractivity contribution in [3.63, 3.8) is 0 Å². The first-order valence-electron chi connectivity index (χ1n) is 9.19. The third-order valence-corrected chi connectivity index (χ3v) is 4.51. The molecule has 0 aromatic rings. The average Bonchev–Trinajstić information content (AvgIpc) is 2.48. The Kier molecular flexibility index (Phi) is 13.0. The summed E-state index contributed by atoms with van der Waals surface area (Å²) >= 11 is 0. The van der Waals surface area contributed by atoms with E-state index in [1.807, 2.05) is 0 Å². The van der Waals surface area contributed by atoms with Crippen molar-refractivity contribution in [1.29, 1.82) is 0 Å². The normalized spacial score (nSPS) is 15.6. The van der Waals surface area contributed by atoms with E-state index in [1.165, 1.54) is 12.8 Å². The third-order valence-electron chi connectivity index (χ3n) is 4.51. The fraction of sp³-hybridized carbons (Fsp3) is 1.00. The summed E-state index contributed by atoms with van der Waals surface area (Å²) in [4.78, 5) is 11.3. The molecule has 0 fully saturated rings. The predicted molar refractivity (Wildman–Crippen MR) is 91.6 cm³/mol. The van der Waals surface area contributed by atoms with E-state index < -0.39 is 11.6 Å². The van der Waals surface area contributed by atoms with Crippen LogP contribution in [0.4, 0.5) is 0 Å². The van der Waals surface area contributed by atoms with E-state index in [0.717, 1.165) is 70.6 Å². The Morgan fingerprint density at radius 2 is 1.29 bits per heavy atom. The van der Waals surface area contributed by atoms with Crippen molar-refractivity contribution in [3.8, 4) is 0 Å². The van der Waals surface area contributed by atoms with Gasteiger partial charge in [-0.15, -0.1) is 0 Å². The van der Waals surface area contributed by atoms with Gasteiger partial charge in [-0.1, -0.05) is 90.2 Å². The van der Waals surface area contributed by atoms with E-state index in [4.69, 9.17) is 0 Å². The van der Waals surface area contributed by atoms with Crippen LogP contribution in [0.25, 0.3) is 0 Å². The average molecular weight is 299 g/mol. The summed E-state index contributed by atoms with van der Waals surface area (Å²) in [6.45, 7) is 6.51. The summed E-state index contributed by atoms with van der Waals surface area (Å²) in [6.07, 6.45) is 13.3. The monoisotopic (exact) mass is 299 g/mol. The minimum absolute atomic E-state index is 0.414. The highest BCUT2D eigenvalue weighted by Gasteiger charge is 2.36. The molecule has 0 aliphatic heterocycles. The number of rotatable bonds is 15. The molecule has 3 nitrogen and oxygen atoms in total. The minimum Gasteiger partial charge on any atom is -0.388 e. The molecule has 0 aromatic heterocycles. The highest BCUT2D eigenvalue weighted by atomic mass is 16.3. The second-order valence-corrected chi connectivity index (χ2v) is 6.49. The van der Waals surface area contributed by atoms with Gasteiger partial charge in [0.2, 0.25) is 0 Å². The Bertz CT molecular complexity index is 245. The van der Waals surface area contributed by atoms with Crippen molar-refractivity contribution in [1.82, 2.24) is 0 Å². The Morgan fingerprint density at radius 3 is 1.81 bits per heavy atom. The lowest BCUT2D eigenvalue weighted by Crippen LogP contribution is -2.41. The maximum absolute atomic E-state index is 11.3. The number of nitroso groups, excluding NO2 is 1. The molecule has 2 atom stereocenters. The lowest BCUT2D eigenvalue weighted by Gasteiger charge is -2.32. The van der Waals surface area contributed by atoms with Crippen molar-refractivity contribution in [2.24, 2.45) is 5.18 Å². The Morgan fingerprint density at radius 1 is 0.810 bits per heavy atom. The molecule has 0 radical (unpaired) electrons. The van der Waals surface area contributed by atoms with Crippen molar-refractivity contribution >= 4 is 0 Å². The number of hydrogen-bond acceptors (Lipinski definition) is 3. The second kappa shape index (κ2) is 13.2. The van der Waals surface area contributed by atoms with Crippen LogP contribution in [-0.2, 0) is 0 Å². The molecule has 0 aliphatic rings. The van der Waals surface area contributed by atoms with Crippen LogP contribution in [0.2, 0.25) is 0 Å². The van der Waals surface area contributed by atoms with E-state index in [-0.39, 0.29) is 0 Å². The maximum atomic E-state index is 11.3. The second-order valence-electron chi connectivity index (χ2n) is 6.49. The molecule has 0 saturated heterocycles. The molecule has 0 amide bonds. The highest BCUT2D eigenvalue weighted by molar-refractivity contribution is 4.91. The van der Waals surface area contributed by atoms with E-state index in [9.17, 15) is 10.0 Å². The van der Waals surface area contributed by atoms with E-state index in [2.05, 4.69) is 25.9 Å². The Balaban J connectivity index is 4.51. The number of aliphatic hydroxyl groups is 1. The first-order valence-corrected chi connectivity index (χ1v) is 9.19. The van der Waals surface area contributed by atoms with Gasteiger partial charge in [0, 0.05) is 0 Å². The fourth-order valence-electron chi connectivity index (χ4n) is 3.00. The standard InChI is InChI=1S/C18H37NO2/c1-4-7-10-13-16-18(20,15-12-9-6-3)17(19-21)14-11-8-5-2/h17,20H,4-16H2,1-3H3. The minimum atomic E-state index is -0.863. The molecule has 21 heavy (non-hydrogen) atoms. The molecule has 0 aromatic carbocycles. The van der Waals surface area contributed by atoms with Crippen molar-refractivity contribution in [2.75, 3.05) is 0 Å². The zero-order valence-corrected chi connectivity index (χ0v) is 14.6. The van der Waals surface area contributed by atoms with Gasteiger partial charge in [-0.2, -0.15) is 4.91 Å². The van der Waals surface area contributed by atoms with Crippen LogP contribution in [-0.4, -0.2) is 16.7 Å². The van der Waals surface area contributed by atoms with E-state index >= 15 is 0 Å². The van der Waals surface area contributed by atoms with Crippen molar-refractivity contribution in [2.45, 2.75) is 116 Å². The van der Waals surface area contributed by atoms with Crippen LogP contribution >= 0.6 is 0 Å². The SMILES string of the molecule is CCCCCCC(O)(CCCCC)C(CCCCC)N=O. The lowest BCUT2D eigenvalue weighted by atomic mass is 9.81. The molecule has 126 valence electrons. The number of unbranched alkanes of at least 4 members (excludes halogenated alkanes) is 7. The molecule has 3 heteroatoms. The van der Waals surface area contributed by atoms with Gasteiger partial charge in [-0.3, -0.25) is 0 Å². The molecular formula is C18H37NO2. The fourth-order valence-corrected chi connectivity index (χ4v) is 3.00. The van der Waals surface area contributed by atoms with Gasteiger partial charge in [-0.25, -0.2) is 0 Å². The molecular weight excluding hydrogens is 262 g/mol. The molecule has 1 N–H and O–H groups in total. The molecule has 0 rings (SSSR count). The van der Waals surface area contributed by atoms with Crippen molar-refractivity contribution in [3.05, 3.63) is 4.91 Å². The van der Waals surface area contributed by atoms with Gasteiger partial charge < -0.3 is 5.11 Å². The van der Waals surface area contributed by atoms with Crippen LogP contribution in [0.15, 0.2) is 5.18 Å². The van der Waals surface area contributed by atoms with E-state index in [1.54, 1.807) is 0 Å². The predicted octanol–water partition coefficient (Wildman–Crippen LogP) is 5.98. The Hall–Kier alpha value is -0.440. The van der Waals surface area contributed by atoms with Gasteiger partial charge >= 0.3 is 0 Å². The van der Waals surface area contributed by atoms with Crippen molar-refractivity contribution < 1.29 is 5.11 Å². The zero-order valence-electron chi connectivity index (χ0n) is 14.6. The third kappa shape index (κ3) is 9.23.